The smallest absolute Gasteiger partial charge is 0.271 e. The predicted octanol–water partition coefficient (Wildman–Crippen LogP) is 4.86. The number of halogens is 1. The summed E-state index contributed by atoms with van der Waals surface area (Å²) in [5, 5.41) is 3.34. The highest BCUT2D eigenvalue weighted by molar-refractivity contribution is 9.10. The molecule has 4 rings (SSSR count). The van der Waals surface area contributed by atoms with Crippen LogP contribution in [0.5, 0.6) is 0 Å². The van der Waals surface area contributed by atoms with Gasteiger partial charge in [-0.15, -0.1) is 0 Å². The highest BCUT2D eigenvalue weighted by atomic mass is 79.9. The molecule has 1 saturated carbocycles. The summed E-state index contributed by atoms with van der Waals surface area (Å²) in [6, 6.07) is 19.9. The van der Waals surface area contributed by atoms with Gasteiger partial charge in [0.25, 0.3) is 5.56 Å². The van der Waals surface area contributed by atoms with E-state index in [1.165, 1.54) is 18.4 Å². The monoisotopic (exact) mass is 382 g/mol. The van der Waals surface area contributed by atoms with E-state index < -0.39 is 0 Å². The Hall–Kier alpha value is -2.07. The molecule has 2 aromatic carbocycles. The Kier molecular flexibility index (Phi) is 4.15. The molecule has 1 unspecified atom stereocenters. The van der Waals surface area contributed by atoms with Gasteiger partial charge in [0.1, 0.15) is 0 Å². The number of para-hydroxylation sites is 1. The van der Waals surface area contributed by atoms with Crippen molar-refractivity contribution in [3.8, 4) is 5.69 Å². The van der Waals surface area contributed by atoms with Gasteiger partial charge in [-0.2, -0.15) is 0 Å². The average Bonchev–Trinajstić information content (AvgIpc) is 3.35. The van der Waals surface area contributed by atoms with Crippen LogP contribution in [0.1, 0.15) is 36.4 Å². The van der Waals surface area contributed by atoms with Crippen molar-refractivity contribution in [3.05, 3.63) is 86.7 Å². The van der Waals surface area contributed by atoms with Crippen LogP contribution in [0.3, 0.4) is 0 Å². The maximum atomic E-state index is 12.5. The summed E-state index contributed by atoms with van der Waals surface area (Å²) in [7, 11) is 0. The van der Waals surface area contributed by atoms with E-state index in [0.717, 1.165) is 28.2 Å². The number of nitrogens with zero attached hydrogens (tertiary/aromatic N) is 1. The van der Waals surface area contributed by atoms with E-state index in [9.17, 15) is 4.79 Å². The van der Waals surface area contributed by atoms with Crippen LogP contribution < -0.4 is 5.56 Å². The lowest BCUT2D eigenvalue weighted by Gasteiger charge is -2.16. The average molecular weight is 383 g/mol. The Morgan fingerprint density at radius 2 is 1.79 bits per heavy atom. The van der Waals surface area contributed by atoms with Gasteiger partial charge in [-0.3, -0.25) is 9.89 Å². The molecule has 4 heteroatoms. The topological polar surface area (TPSA) is 37.8 Å². The Morgan fingerprint density at radius 1 is 1.08 bits per heavy atom. The van der Waals surface area contributed by atoms with Crippen molar-refractivity contribution >= 4 is 15.9 Å². The molecule has 1 heterocycles. The number of nitrogens with one attached hydrogen (secondary N) is 1. The molecule has 1 aliphatic carbocycles. The van der Waals surface area contributed by atoms with E-state index in [0.29, 0.717) is 0 Å². The van der Waals surface area contributed by atoms with E-state index in [1.54, 1.807) is 10.7 Å². The predicted molar refractivity (Wildman–Crippen MR) is 99.7 cm³/mol. The molecule has 0 amide bonds. The van der Waals surface area contributed by atoms with Crippen molar-refractivity contribution in [2.45, 2.75) is 25.2 Å². The van der Waals surface area contributed by atoms with Crippen LogP contribution in [0, 0.1) is 5.92 Å². The first kappa shape index (κ1) is 15.5. The van der Waals surface area contributed by atoms with Crippen LogP contribution >= 0.6 is 15.9 Å². The molecule has 122 valence electrons. The van der Waals surface area contributed by atoms with Gasteiger partial charge in [0.2, 0.25) is 0 Å². The Labute approximate surface area is 149 Å². The van der Waals surface area contributed by atoms with Crippen LogP contribution in [0.2, 0.25) is 0 Å². The first-order valence-electron chi connectivity index (χ1n) is 8.33. The van der Waals surface area contributed by atoms with Gasteiger partial charge in [0, 0.05) is 22.2 Å². The van der Waals surface area contributed by atoms with E-state index in [1.807, 2.05) is 30.3 Å². The summed E-state index contributed by atoms with van der Waals surface area (Å²) in [6.07, 6.45) is 3.70. The van der Waals surface area contributed by atoms with Crippen molar-refractivity contribution in [3.63, 3.8) is 0 Å². The van der Waals surface area contributed by atoms with Crippen LogP contribution in [-0.4, -0.2) is 9.78 Å². The summed E-state index contributed by atoms with van der Waals surface area (Å²) < 4.78 is 2.71. The third-order valence-electron chi connectivity index (χ3n) is 4.67. The third kappa shape index (κ3) is 3.24. The summed E-state index contributed by atoms with van der Waals surface area (Å²) in [4.78, 5) is 12.5. The van der Waals surface area contributed by atoms with Gasteiger partial charge in [0.05, 0.1) is 5.69 Å². The molecular formula is C20H19BrN2O. The van der Waals surface area contributed by atoms with Gasteiger partial charge in [-0.25, -0.2) is 4.68 Å². The number of benzene rings is 2. The quantitative estimate of drug-likeness (QED) is 0.671. The van der Waals surface area contributed by atoms with Crippen LogP contribution in [-0.2, 0) is 0 Å². The minimum absolute atomic E-state index is 0.00545. The lowest BCUT2D eigenvalue weighted by Crippen LogP contribution is -2.13. The molecule has 3 nitrogen and oxygen atoms in total. The SMILES string of the molecule is O=c1cc(C(CC2CC2)c2ccc(Br)cc2)[nH]n1-c1ccccc1. The first-order valence-corrected chi connectivity index (χ1v) is 9.13. The molecule has 0 saturated heterocycles. The van der Waals surface area contributed by atoms with Gasteiger partial charge < -0.3 is 0 Å². The molecule has 3 aromatic rings. The molecular weight excluding hydrogens is 364 g/mol. The normalized spacial score (nSPS) is 15.4. The Balaban J connectivity index is 1.73. The molecule has 0 spiro atoms. The Morgan fingerprint density at radius 3 is 2.46 bits per heavy atom. The van der Waals surface area contributed by atoms with Crippen molar-refractivity contribution in [1.29, 1.82) is 0 Å². The van der Waals surface area contributed by atoms with Crippen LogP contribution in [0.4, 0.5) is 0 Å². The number of rotatable bonds is 5. The molecule has 24 heavy (non-hydrogen) atoms. The molecule has 1 aliphatic rings. The second-order valence-corrected chi connectivity index (χ2v) is 7.42. The number of H-pyrrole nitrogens is 1. The zero-order chi connectivity index (χ0) is 16.5. The zero-order valence-electron chi connectivity index (χ0n) is 13.3. The largest absolute Gasteiger partial charge is 0.294 e. The summed E-state index contributed by atoms with van der Waals surface area (Å²) >= 11 is 3.50. The highest BCUT2D eigenvalue weighted by Crippen LogP contribution is 2.41. The van der Waals surface area contributed by atoms with E-state index in [4.69, 9.17) is 0 Å². The van der Waals surface area contributed by atoms with Gasteiger partial charge in [-0.1, -0.05) is 59.1 Å². The lowest BCUT2D eigenvalue weighted by molar-refractivity contribution is 0.625. The summed E-state index contributed by atoms with van der Waals surface area (Å²) in [5.41, 5.74) is 3.12. The first-order chi connectivity index (χ1) is 11.7. The molecule has 1 N–H and O–H groups in total. The maximum Gasteiger partial charge on any atom is 0.271 e. The van der Waals surface area contributed by atoms with E-state index in [2.05, 4.69) is 45.3 Å². The second-order valence-electron chi connectivity index (χ2n) is 6.50. The lowest BCUT2D eigenvalue weighted by atomic mass is 9.90. The molecule has 1 atom stereocenters. The summed E-state index contributed by atoms with van der Waals surface area (Å²) in [6.45, 7) is 0. The molecule has 0 aliphatic heterocycles. The number of hydrogen-bond donors (Lipinski definition) is 1. The number of aromatic amines is 1. The number of aromatic nitrogens is 2. The Bertz CT molecular complexity index is 876. The van der Waals surface area contributed by atoms with E-state index in [-0.39, 0.29) is 11.5 Å². The fraction of sp³-hybridized carbons (Fsp3) is 0.250. The van der Waals surface area contributed by atoms with Crippen molar-refractivity contribution < 1.29 is 0 Å². The third-order valence-corrected chi connectivity index (χ3v) is 5.20. The maximum absolute atomic E-state index is 12.5. The van der Waals surface area contributed by atoms with Crippen molar-refractivity contribution in [2.75, 3.05) is 0 Å². The van der Waals surface area contributed by atoms with Crippen LogP contribution in [0.25, 0.3) is 5.69 Å². The second kappa shape index (κ2) is 6.44. The van der Waals surface area contributed by atoms with Crippen molar-refractivity contribution in [1.82, 2.24) is 9.78 Å². The van der Waals surface area contributed by atoms with Crippen molar-refractivity contribution in [2.24, 2.45) is 5.92 Å². The van der Waals surface area contributed by atoms with Gasteiger partial charge in [0.15, 0.2) is 0 Å². The summed E-state index contributed by atoms with van der Waals surface area (Å²) in [5.74, 6) is 1.02. The molecule has 0 radical (unpaired) electrons. The zero-order valence-corrected chi connectivity index (χ0v) is 14.9. The molecule has 1 fully saturated rings. The molecule has 0 bridgehead atoms. The minimum Gasteiger partial charge on any atom is -0.294 e. The minimum atomic E-state index is -0.00545. The van der Waals surface area contributed by atoms with Crippen LogP contribution in [0.15, 0.2) is 69.9 Å². The highest BCUT2D eigenvalue weighted by Gasteiger charge is 2.28. The molecule has 1 aromatic heterocycles. The van der Waals surface area contributed by atoms with Gasteiger partial charge >= 0.3 is 0 Å². The fourth-order valence-electron chi connectivity index (χ4n) is 3.19. The number of hydrogen-bond acceptors (Lipinski definition) is 1. The fourth-order valence-corrected chi connectivity index (χ4v) is 3.45. The standard InChI is InChI=1S/C20H19BrN2O/c21-16-10-8-15(9-11-16)18(12-14-6-7-14)19-13-20(24)23(22-19)17-4-2-1-3-5-17/h1-5,8-11,13-14,18,22H,6-7,12H2. The van der Waals surface area contributed by atoms with E-state index >= 15 is 0 Å². The van der Waals surface area contributed by atoms with Gasteiger partial charge in [-0.05, 0) is 42.2 Å².